The van der Waals surface area contributed by atoms with E-state index in [1.807, 2.05) is 49.4 Å². The number of pyridine rings is 1. The van der Waals surface area contributed by atoms with Gasteiger partial charge in [-0.15, -0.1) is 0 Å². The molecule has 4 rings (SSSR count). The number of fused-ring (bicyclic) bond motifs is 1. The second-order valence-electron chi connectivity index (χ2n) is 6.86. The highest BCUT2D eigenvalue weighted by molar-refractivity contribution is 5.76. The molecule has 0 bridgehead atoms. The maximum absolute atomic E-state index is 12.6. The number of benzene rings is 1. The molecule has 1 fully saturated rings. The summed E-state index contributed by atoms with van der Waals surface area (Å²) in [4.78, 5) is 26.2. The highest BCUT2D eigenvalue weighted by Crippen LogP contribution is 2.17. The van der Waals surface area contributed by atoms with E-state index in [-0.39, 0.29) is 5.56 Å². The van der Waals surface area contributed by atoms with Crippen LogP contribution in [0.3, 0.4) is 0 Å². The molecule has 0 atom stereocenters. The molecule has 1 aliphatic rings. The van der Waals surface area contributed by atoms with Crippen LogP contribution in [-0.4, -0.2) is 58.8 Å². The lowest BCUT2D eigenvalue weighted by atomic mass is 10.2. The van der Waals surface area contributed by atoms with Crippen LogP contribution < -0.4 is 15.2 Å². The van der Waals surface area contributed by atoms with Gasteiger partial charge < -0.3 is 9.64 Å². The van der Waals surface area contributed by atoms with Crippen LogP contribution in [0.5, 0.6) is 5.88 Å². The van der Waals surface area contributed by atoms with Crippen LogP contribution in [-0.2, 0) is 6.54 Å². The van der Waals surface area contributed by atoms with Crippen LogP contribution in [0.25, 0.3) is 10.9 Å². The summed E-state index contributed by atoms with van der Waals surface area (Å²) in [6.07, 6.45) is 1.66. The van der Waals surface area contributed by atoms with Crippen molar-refractivity contribution in [1.29, 1.82) is 0 Å². The van der Waals surface area contributed by atoms with Crippen molar-refractivity contribution in [2.24, 2.45) is 0 Å². The number of rotatable bonds is 6. The van der Waals surface area contributed by atoms with Crippen LogP contribution >= 0.6 is 0 Å². The lowest BCUT2D eigenvalue weighted by Gasteiger charge is -2.35. The summed E-state index contributed by atoms with van der Waals surface area (Å²) in [6.45, 7) is 7.76. The predicted molar refractivity (Wildman–Crippen MR) is 110 cm³/mol. The van der Waals surface area contributed by atoms with Gasteiger partial charge in [0, 0.05) is 45.3 Å². The summed E-state index contributed by atoms with van der Waals surface area (Å²) >= 11 is 0. The summed E-state index contributed by atoms with van der Waals surface area (Å²) in [5.74, 6) is 1.63. The Morgan fingerprint density at radius 3 is 2.64 bits per heavy atom. The van der Waals surface area contributed by atoms with Crippen molar-refractivity contribution >= 4 is 16.7 Å². The molecule has 28 heavy (non-hydrogen) atoms. The first-order valence-electron chi connectivity index (χ1n) is 9.76. The van der Waals surface area contributed by atoms with Gasteiger partial charge in [0.15, 0.2) is 0 Å². The molecule has 7 nitrogen and oxygen atoms in total. The highest BCUT2D eigenvalue weighted by atomic mass is 16.5. The van der Waals surface area contributed by atoms with Crippen LogP contribution in [0.2, 0.25) is 0 Å². The lowest BCUT2D eigenvalue weighted by molar-refractivity contribution is 0.246. The van der Waals surface area contributed by atoms with Crippen LogP contribution in [0.4, 0.5) is 5.82 Å². The minimum atomic E-state index is 0.0289. The number of hydrogen-bond acceptors (Lipinski definition) is 6. The van der Waals surface area contributed by atoms with Gasteiger partial charge in [-0.2, -0.15) is 4.98 Å². The second-order valence-corrected chi connectivity index (χ2v) is 6.86. The standard InChI is InChI=1S/C21H25N5O2/c1-2-28-20-9-5-8-19(23-20)25-13-10-24(11-14-25)12-15-26-16-22-18-7-4-3-6-17(18)21(26)27/h3-9,16H,2,10-15H2,1H3. The summed E-state index contributed by atoms with van der Waals surface area (Å²) in [6, 6.07) is 13.4. The monoisotopic (exact) mass is 379 g/mol. The molecule has 1 saturated heterocycles. The topological polar surface area (TPSA) is 63.5 Å². The number of aromatic nitrogens is 3. The lowest BCUT2D eigenvalue weighted by Crippen LogP contribution is -2.47. The van der Waals surface area contributed by atoms with Gasteiger partial charge in [-0.25, -0.2) is 4.98 Å². The van der Waals surface area contributed by atoms with E-state index in [1.54, 1.807) is 10.9 Å². The third kappa shape index (κ3) is 3.99. The summed E-state index contributed by atoms with van der Waals surface area (Å²) in [7, 11) is 0. The molecular weight excluding hydrogens is 354 g/mol. The molecule has 3 heterocycles. The van der Waals surface area contributed by atoms with Gasteiger partial charge in [-0.05, 0) is 25.1 Å². The van der Waals surface area contributed by atoms with E-state index in [2.05, 4.69) is 19.8 Å². The second kappa shape index (κ2) is 8.39. The van der Waals surface area contributed by atoms with Crippen molar-refractivity contribution < 1.29 is 4.74 Å². The van der Waals surface area contributed by atoms with Crippen LogP contribution in [0.15, 0.2) is 53.6 Å². The van der Waals surface area contributed by atoms with Crippen molar-refractivity contribution in [2.45, 2.75) is 13.5 Å². The fraction of sp³-hybridized carbons (Fsp3) is 0.381. The fourth-order valence-electron chi connectivity index (χ4n) is 3.52. The minimum Gasteiger partial charge on any atom is -0.478 e. The van der Waals surface area contributed by atoms with Gasteiger partial charge in [0.05, 0.1) is 23.8 Å². The largest absolute Gasteiger partial charge is 0.478 e. The van der Waals surface area contributed by atoms with Gasteiger partial charge in [0.2, 0.25) is 5.88 Å². The zero-order valence-electron chi connectivity index (χ0n) is 16.1. The van der Waals surface area contributed by atoms with Crippen molar-refractivity contribution in [1.82, 2.24) is 19.4 Å². The van der Waals surface area contributed by atoms with E-state index in [1.165, 1.54) is 0 Å². The number of ether oxygens (including phenoxy) is 1. The Hall–Kier alpha value is -2.93. The molecule has 0 aliphatic carbocycles. The third-order valence-electron chi connectivity index (χ3n) is 5.09. The van der Waals surface area contributed by atoms with Gasteiger partial charge in [0.25, 0.3) is 5.56 Å². The molecule has 1 aromatic carbocycles. The summed E-state index contributed by atoms with van der Waals surface area (Å²) in [5.41, 5.74) is 0.778. The smallest absolute Gasteiger partial charge is 0.261 e. The maximum atomic E-state index is 12.6. The van der Waals surface area contributed by atoms with Crippen LogP contribution in [0.1, 0.15) is 6.92 Å². The zero-order valence-corrected chi connectivity index (χ0v) is 16.1. The van der Waals surface area contributed by atoms with E-state index in [4.69, 9.17) is 4.74 Å². The van der Waals surface area contributed by atoms with E-state index in [9.17, 15) is 4.79 Å². The minimum absolute atomic E-state index is 0.0289. The van der Waals surface area contributed by atoms with Gasteiger partial charge in [-0.1, -0.05) is 18.2 Å². The first kappa shape index (κ1) is 18.4. The average Bonchev–Trinajstić information content (AvgIpc) is 2.74. The molecule has 146 valence electrons. The van der Waals surface area contributed by atoms with E-state index in [0.717, 1.165) is 44.1 Å². The molecule has 1 aliphatic heterocycles. The van der Waals surface area contributed by atoms with Gasteiger partial charge in [0.1, 0.15) is 5.82 Å². The Morgan fingerprint density at radius 1 is 1.00 bits per heavy atom. The highest BCUT2D eigenvalue weighted by Gasteiger charge is 2.18. The molecule has 0 saturated carbocycles. The summed E-state index contributed by atoms with van der Waals surface area (Å²) < 4.78 is 7.21. The first-order valence-corrected chi connectivity index (χ1v) is 9.76. The van der Waals surface area contributed by atoms with Gasteiger partial charge in [-0.3, -0.25) is 14.3 Å². The van der Waals surface area contributed by atoms with Crippen molar-refractivity contribution in [3.63, 3.8) is 0 Å². The average molecular weight is 379 g/mol. The molecule has 0 spiro atoms. The molecular formula is C21H25N5O2. The molecule has 0 N–H and O–H groups in total. The normalized spacial score (nSPS) is 15.1. The Kier molecular flexibility index (Phi) is 5.53. The number of para-hydroxylation sites is 1. The molecule has 7 heteroatoms. The Morgan fingerprint density at radius 2 is 1.82 bits per heavy atom. The Balaban J connectivity index is 1.34. The predicted octanol–water partition coefficient (Wildman–Crippen LogP) is 2.01. The number of piperazine rings is 1. The molecule has 0 amide bonds. The van der Waals surface area contributed by atoms with E-state index >= 15 is 0 Å². The number of anilines is 1. The Labute approximate surface area is 164 Å². The Bertz CT molecular complexity index is 995. The number of hydrogen-bond donors (Lipinski definition) is 0. The van der Waals surface area contributed by atoms with Crippen molar-refractivity contribution in [2.75, 3.05) is 44.2 Å². The SMILES string of the molecule is CCOc1cccc(N2CCN(CCn3cnc4ccccc4c3=O)CC2)n1. The molecule has 2 aromatic heterocycles. The van der Waals surface area contributed by atoms with E-state index in [0.29, 0.717) is 24.4 Å². The summed E-state index contributed by atoms with van der Waals surface area (Å²) in [5, 5.41) is 0.676. The third-order valence-corrected chi connectivity index (χ3v) is 5.09. The molecule has 0 radical (unpaired) electrons. The molecule has 0 unspecified atom stereocenters. The van der Waals surface area contributed by atoms with Crippen LogP contribution in [0, 0.1) is 0 Å². The van der Waals surface area contributed by atoms with Gasteiger partial charge >= 0.3 is 0 Å². The maximum Gasteiger partial charge on any atom is 0.261 e. The quantitative estimate of drug-likeness (QED) is 0.653. The zero-order chi connectivity index (χ0) is 19.3. The fourth-order valence-corrected chi connectivity index (χ4v) is 3.52. The van der Waals surface area contributed by atoms with E-state index < -0.39 is 0 Å². The molecule has 3 aromatic rings. The van der Waals surface area contributed by atoms with Crippen molar-refractivity contribution in [3.05, 3.63) is 59.1 Å². The first-order chi connectivity index (χ1) is 13.7. The number of nitrogens with zero attached hydrogens (tertiary/aromatic N) is 5. The van der Waals surface area contributed by atoms with Crippen molar-refractivity contribution in [3.8, 4) is 5.88 Å².